The molecular weight excluding hydrogens is 174 g/mol. The maximum Gasteiger partial charge on any atom is 0.221 e. The average Bonchev–Trinajstić information content (AvgIpc) is 2.18. The van der Waals surface area contributed by atoms with Gasteiger partial charge in [-0.3, -0.25) is 4.79 Å². The van der Waals surface area contributed by atoms with Gasteiger partial charge >= 0.3 is 0 Å². The molecule has 2 nitrogen and oxygen atoms in total. The van der Waals surface area contributed by atoms with Crippen molar-refractivity contribution in [2.45, 2.75) is 6.92 Å². The summed E-state index contributed by atoms with van der Waals surface area (Å²) in [6.07, 6.45) is 3.43. The molecule has 1 aromatic rings. The van der Waals surface area contributed by atoms with Crippen molar-refractivity contribution in [2.75, 3.05) is 0 Å². The zero-order valence-corrected chi connectivity index (χ0v) is 8.16. The van der Waals surface area contributed by atoms with E-state index in [4.69, 9.17) is 0 Å². The lowest BCUT2D eigenvalue weighted by Crippen LogP contribution is -2.17. The van der Waals surface area contributed by atoms with E-state index in [1.807, 2.05) is 30.3 Å². The van der Waals surface area contributed by atoms with Crippen LogP contribution in [0.15, 0.2) is 49.1 Å². The Bertz CT molecular complexity index is 352. The van der Waals surface area contributed by atoms with Crippen molar-refractivity contribution < 1.29 is 4.79 Å². The van der Waals surface area contributed by atoms with E-state index in [9.17, 15) is 4.79 Å². The highest BCUT2D eigenvalue weighted by Crippen LogP contribution is 2.10. The fourth-order valence-corrected chi connectivity index (χ4v) is 1.14. The summed E-state index contributed by atoms with van der Waals surface area (Å²) >= 11 is 0. The number of rotatable bonds is 3. The summed E-state index contributed by atoms with van der Waals surface area (Å²) in [5.41, 5.74) is 1.75. The first kappa shape index (κ1) is 10.3. The predicted molar refractivity (Wildman–Crippen MR) is 58.4 cm³/mol. The van der Waals surface area contributed by atoms with Gasteiger partial charge in [0.15, 0.2) is 0 Å². The summed E-state index contributed by atoms with van der Waals surface area (Å²) in [4.78, 5) is 10.9. The molecule has 2 heteroatoms. The van der Waals surface area contributed by atoms with Crippen LogP contribution in [0.1, 0.15) is 12.5 Å². The van der Waals surface area contributed by atoms with E-state index in [1.54, 1.807) is 12.2 Å². The third-order valence-electron chi connectivity index (χ3n) is 1.68. The Morgan fingerprint density at radius 2 is 2.00 bits per heavy atom. The predicted octanol–water partition coefficient (Wildman–Crippen LogP) is 2.35. The number of carbonyl (C=O) groups is 1. The van der Waals surface area contributed by atoms with Crippen LogP contribution in [0.25, 0.3) is 5.70 Å². The largest absolute Gasteiger partial charge is 0.326 e. The number of hydrogen-bond acceptors (Lipinski definition) is 1. The van der Waals surface area contributed by atoms with Crippen molar-refractivity contribution in [3.05, 3.63) is 54.6 Å². The van der Waals surface area contributed by atoms with Crippen LogP contribution in [0.5, 0.6) is 0 Å². The molecule has 0 radical (unpaired) electrons. The number of benzene rings is 1. The minimum absolute atomic E-state index is 0.0815. The SMILES string of the molecule is C=CC=C(NC(C)=O)c1ccccc1. The Labute approximate surface area is 84.0 Å². The third-order valence-corrected chi connectivity index (χ3v) is 1.68. The minimum atomic E-state index is -0.0815. The fraction of sp³-hybridized carbons (Fsp3) is 0.0833. The number of allylic oxidation sites excluding steroid dienone is 2. The van der Waals surface area contributed by atoms with Crippen molar-refractivity contribution in [3.63, 3.8) is 0 Å². The topological polar surface area (TPSA) is 29.1 Å². The van der Waals surface area contributed by atoms with Crippen molar-refractivity contribution in [1.29, 1.82) is 0 Å². The molecule has 0 heterocycles. The Balaban J connectivity index is 2.95. The van der Waals surface area contributed by atoms with Crippen LogP contribution in [0.3, 0.4) is 0 Å². The van der Waals surface area contributed by atoms with Gasteiger partial charge in [-0.1, -0.05) is 43.0 Å². The molecule has 0 spiro atoms. The Morgan fingerprint density at radius 1 is 1.36 bits per heavy atom. The van der Waals surface area contributed by atoms with E-state index < -0.39 is 0 Å². The zero-order chi connectivity index (χ0) is 10.4. The minimum Gasteiger partial charge on any atom is -0.326 e. The van der Waals surface area contributed by atoms with Crippen LogP contribution in [-0.2, 0) is 4.79 Å². The Kier molecular flexibility index (Phi) is 3.68. The first-order chi connectivity index (χ1) is 6.74. The van der Waals surface area contributed by atoms with Gasteiger partial charge in [-0.15, -0.1) is 0 Å². The zero-order valence-electron chi connectivity index (χ0n) is 8.16. The molecule has 0 aliphatic carbocycles. The molecule has 0 aliphatic rings. The molecule has 0 bridgehead atoms. The van der Waals surface area contributed by atoms with Gasteiger partial charge in [0, 0.05) is 12.6 Å². The van der Waals surface area contributed by atoms with Crippen molar-refractivity contribution >= 4 is 11.6 Å². The molecule has 0 saturated carbocycles. The molecule has 0 atom stereocenters. The van der Waals surface area contributed by atoms with E-state index in [1.165, 1.54) is 6.92 Å². The maximum absolute atomic E-state index is 10.9. The summed E-state index contributed by atoms with van der Waals surface area (Å²) < 4.78 is 0. The van der Waals surface area contributed by atoms with Gasteiger partial charge < -0.3 is 5.32 Å². The van der Waals surface area contributed by atoms with Gasteiger partial charge in [0.25, 0.3) is 0 Å². The lowest BCUT2D eigenvalue weighted by atomic mass is 10.1. The molecule has 0 fully saturated rings. The summed E-state index contributed by atoms with van der Waals surface area (Å²) in [7, 11) is 0. The molecule has 1 aromatic carbocycles. The van der Waals surface area contributed by atoms with Crippen molar-refractivity contribution in [1.82, 2.24) is 5.32 Å². The summed E-state index contributed by atoms with van der Waals surface area (Å²) in [5, 5.41) is 2.75. The monoisotopic (exact) mass is 187 g/mol. The van der Waals surface area contributed by atoms with E-state index in [2.05, 4.69) is 11.9 Å². The van der Waals surface area contributed by atoms with Crippen molar-refractivity contribution in [2.24, 2.45) is 0 Å². The van der Waals surface area contributed by atoms with E-state index >= 15 is 0 Å². The number of carbonyl (C=O) groups excluding carboxylic acids is 1. The van der Waals surface area contributed by atoms with Crippen LogP contribution in [0.4, 0.5) is 0 Å². The second kappa shape index (κ2) is 5.02. The Morgan fingerprint density at radius 3 is 2.50 bits per heavy atom. The van der Waals surface area contributed by atoms with Crippen LogP contribution >= 0.6 is 0 Å². The average molecular weight is 187 g/mol. The molecule has 1 rings (SSSR count). The fourth-order valence-electron chi connectivity index (χ4n) is 1.14. The standard InChI is InChI=1S/C12H13NO/c1-3-7-12(13-10(2)14)11-8-5-4-6-9-11/h3-9H,1H2,2H3,(H,13,14). The van der Waals surface area contributed by atoms with Crippen LogP contribution in [-0.4, -0.2) is 5.91 Å². The second-order valence-corrected chi connectivity index (χ2v) is 2.86. The van der Waals surface area contributed by atoms with Gasteiger partial charge in [-0.05, 0) is 11.6 Å². The van der Waals surface area contributed by atoms with E-state index in [0.717, 1.165) is 11.3 Å². The van der Waals surface area contributed by atoms with Crippen molar-refractivity contribution in [3.8, 4) is 0 Å². The highest BCUT2D eigenvalue weighted by atomic mass is 16.1. The van der Waals surface area contributed by atoms with Gasteiger partial charge in [0.05, 0.1) is 0 Å². The molecule has 0 aromatic heterocycles. The summed E-state index contributed by atoms with van der Waals surface area (Å²) in [5.74, 6) is -0.0815. The molecule has 0 unspecified atom stereocenters. The van der Waals surface area contributed by atoms with Crippen LogP contribution in [0, 0.1) is 0 Å². The number of hydrogen-bond donors (Lipinski definition) is 1. The molecule has 1 N–H and O–H groups in total. The van der Waals surface area contributed by atoms with Crippen LogP contribution < -0.4 is 5.32 Å². The third kappa shape index (κ3) is 2.90. The molecule has 14 heavy (non-hydrogen) atoms. The van der Waals surface area contributed by atoms with Gasteiger partial charge in [0.1, 0.15) is 0 Å². The van der Waals surface area contributed by atoms with Crippen LogP contribution in [0.2, 0.25) is 0 Å². The second-order valence-electron chi connectivity index (χ2n) is 2.86. The normalized spacial score (nSPS) is 10.8. The summed E-state index contributed by atoms with van der Waals surface area (Å²) in [6.45, 7) is 5.09. The van der Waals surface area contributed by atoms with Gasteiger partial charge in [-0.2, -0.15) is 0 Å². The smallest absolute Gasteiger partial charge is 0.221 e. The van der Waals surface area contributed by atoms with E-state index in [-0.39, 0.29) is 5.91 Å². The van der Waals surface area contributed by atoms with Gasteiger partial charge in [0.2, 0.25) is 5.91 Å². The molecule has 0 saturated heterocycles. The lowest BCUT2D eigenvalue weighted by molar-refractivity contribution is -0.117. The first-order valence-electron chi connectivity index (χ1n) is 4.40. The highest BCUT2D eigenvalue weighted by molar-refractivity contribution is 5.85. The molecule has 0 aliphatic heterocycles. The summed E-state index contributed by atoms with van der Waals surface area (Å²) in [6, 6.07) is 9.65. The Hall–Kier alpha value is -1.83. The lowest BCUT2D eigenvalue weighted by Gasteiger charge is -2.06. The number of nitrogens with one attached hydrogen (secondary N) is 1. The first-order valence-corrected chi connectivity index (χ1v) is 4.40. The molecule has 1 amide bonds. The van der Waals surface area contributed by atoms with E-state index in [0.29, 0.717) is 0 Å². The highest BCUT2D eigenvalue weighted by Gasteiger charge is 2.00. The number of amides is 1. The molecule has 72 valence electrons. The quantitative estimate of drug-likeness (QED) is 0.723. The molecular formula is C12H13NO. The maximum atomic E-state index is 10.9. The van der Waals surface area contributed by atoms with Gasteiger partial charge in [-0.25, -0.2) is 0 Å².